The number of amides is 1. The van der Waals surface area contributed by atoms with E-state index < -0.39 is 0 Å². The summed E-state index contributed by atoms with van der Waals surface area (Å²) < 4.78 is 10.7. The molecule has 1 saturated carbocycles. The van der Waals surface area contributed by atoms with Crippen molar-refractivity contribution in [1.82, 2.24) is 15.1 Å². The maximum absolute atomic E-state index is 12.8. The van der Waals surface area contributed by atoms with E-state index >= 15 is 0 Å². The van der Waals surface area contributed by atoms with Crippen LogP contribution in [0.25, 0.3) is 0 Å². The Balaban J connectivity index is 1.47. The van der Waals surface area contributed by atoms with Gasteiger partial charge >= 0.3 is 0 Å². The molecule has 3 atom stereocenters. The lowest BCUT2D eigenvalue weighted by molar-refractivity contribution is -0.127. The number of benzene rings is 1. The van der Waals surface area contributed by atoms with Gasteiger partial charge in [-0.2, -0.15) is 0 Å². The third kappa shape index (κ3) is 5.64. The average Bonchev–Trinajstić information content (AvgIpc) is 2.75. The maximum Gasteiger partial charge on any atom is 0.237 e. The summed E-state index contributed by atoms with van der Waals surface area (Å²) in [6.07, 6.45) is 4.89. The normalized spacial score (nSPS) is 24.7. The third-order valence-corrected chi connectivity index (χ3v) is 6.63. The smallest absolute Gasteiger partial charge is 0.237 e. The van der Waals surface area contributed by atoms with E-state index in [1.807, 2.05) is 19.1 Å². The Morgan fingerprint density at radius 3 is 2.45 bits per heavy atom. The van der Waals surface area contributed by atoms with Crippen LogP contribution in [0.1, 0.15) is 45.1 Å². The van der Waals surface area contributed by atoms with Gasteiger partial charge in [0.1, 0.15) is 0 Å². The van der Waals surface area contributed by atoms with Gasteiger partial charge in [-0.3, -0.25) is 14.6 Å². The van der Waals surface area contributed by atoms with Crippen molar-refractivity contribution in [3.63, 3.8) is 0 Å². The summed E-state index contributed by atoms with van der Waals surface area (Å²) in [5.41, 5.74) is 1.22. The molecule has 0 bridgehead atoms. The van der Waals surface area contributed by atoms with E-state index in [9.17, 15) is 4.79 Å². The minimum atomic E-state index is -0.0626. The fraction of sp³-hybridized carbons (Fsp3) is 0.696. The van der Waals surface area contributed by atoms with E-state index in [1.165, 1.54) is 24.8 Å². The number of nitrogens with one attached hydrogen (secondary N) is 1. The van der Waals surface area contributed by atoms with Crippen molar-refractivity contribution < 1.29 is 14.3 Å². The van der Waals surface area contributed by atoms with E-state index in [-0.39, 0.29) is 11.9 Å². The quantitative estimate of drug-likeness (QED) is 0.759. The summed E-state index contributed by atoms with van der Waals surface area (Å²) in [6.45, 7) is 8.96. The zero-order valence-corrected chi connectivity index (χ0v) is 18.4. The van der Waals surface area contributed by atoms with Crippen molar-refractivity contribution in [2.75, 3.05) is 40.4 Å². The number of methoxy groups -OCH3 is 2. The molecule has 1 N–H and O–H groups in total. The summed E-state index contributed by atoms with van der Waals surface area (Å²) in [5, 5.41) is 3.32. The lowest BCUT2D eigenvalue weighted by Crippen LogP contribution is -2.55. The Morgan fingerprint density at radius 2 is 1.79 bits per heavy atom. The predicted octanol–water partition coefficient (Wildman–Crippen LogP) is 2.90. The molecule has 1 aromatic rings. The number of piperazine rings is 1. The van der Waals surface area contributed by atoms with Crippen LogP contribution in [0.3, 0.4) is 0 Å². The summed E-state index contributed by atoms with van der Waals surface area (Å²) in [4.78, 5) is 17.5. The lowest BCUT2D eigenvalue weighted by Gasteiger charge is -2.38. The molecular weight excluding hydrogens is 366 g/mol. The van der Waals surface area contributed by atoms with E-state index in [0.29, 0.717) is 12.0 Å². The molecule has 0 spiro atoms. The molecule has 1 aromatic carbocycles. The zero-order chi connectivity index (χ0) is 20.8. The van der Waals surface area contributed by atoms with Gasteiger partial charge in [0.05, 0.1) is 20.3 Å². The van der Waals surface area contributed by atoms with Gasteiger partial charge < -0.3 is 14.8 Å². The molecule has 3 rings (SSSR count). The van der Waals surface area contributed by atoms with Crippen molar-refractivity contribution in [2.24, 2.45) is 5.92 Å². The van der Waals surface area contributed by atoms with Crippen LogP contribution in [0.15, 0.2) is 18.2 Å². The van der Waals surface area contributed by atoms with Crippen LogP contribution in [0.4, 0.5) is 0 Å². The summed E-state index contributed by atoms with van der Waals surface area (Å²) in [6, 6.07) is 6.39. The second-order valence-electron chi connectivity index (χ2n) is 8.55. The molecule has 2 aliphatic rings. The van der Waals surface area contributed by atoms with Crippen LogP contribution in [0.5, 0.6) is 11.5 Å². The third-order valence-electron chi connectivity index (χ3n) is 6.63. The molecular formula is C23H37N3O3. The first-order chi connectivity index (χ1) is 14.0. The molecule has 1 amide bonds. The number of hydrogen-bond acceptors (Lipinski definition) is 5. The van der Waals surface area contributed by atoms with Crippen LogP contribution < -0.4 is 14.8 Å². The average molecular weight is 404 g/mol. The fourth-order valence-corrected chi connectivity index (χ4v) is 4.55. The highest BCUT2D eigenvalue weighted by atomic mass is 16.5. The molecule has 0 unspecified atom stereocenters. The number of hydrogen-bond donors (Lipinski definition) is 1. The van der Waals surface area contributed by atoms with Gasteiger partial charge in [0.2, 0.25) is 5.91 Å². The Labute approximate surface area is 175 Å². The van der Waals surface area contributed by atoms with Gasteiger partial charge in [0, 0.05) is 38.8 Å². The molecule has 2 fully saturated rings. The highest BCUT2D eigenvalue weighted by Crippen LogP contribution is 2.28. The zero-order valence-electron chi connectivity index (χ0n) is 18.4. The Morgan fingerprint density at radius 1 is 1.10 bits per heavy atom. The summed E-state index contributed by atoms with van der Waals surface area (Å²) >= 11 is 0. The van der Waals surface area contributed by atoms with Crippen LogP contribution in [-0.2, 0) is 11.3 Å². The molecule has 29 heavy (non-hydrogen) atoms. The molecule has 162 valence electrons. The second kappa shape index (κ2) is 10.3. The monoisotopic (exact) mass is 403 g/mol. The number of carbonyl (C=O) groups excluding carboxylic acids is 1. The van der Waals surface area contributed by atoms with E-state index in [4.69, 9.17) is 9.47 Å². The molecule has 1 heterocycles. The van der Waals surface area contributed by atoms with Gasteiger partial charge in [-0.15, -0.1) is 0 Å². The van der Waals surface area contributed by atoms with Gasteiger partial charge in [-0.05, 0) is 43.4 Å². The molecule has 6 nitrogen and oxygen atoms in total. The van der Waals surface area contributed by atoms with E-state index in [1.54, 1.807) is 14.2 Å². The number of nitrogens with zero attached hydrogens (tertiary/aromatic N) is 2. The van der Waals surface area contributed by atoms with Gasteiger partial charge in [-0.1, -0.05) is 25.8 Å². The van der Waals surface area contributed by atoms with E-state index in [2.05, 4.69) is 28.1 Å². The number of rotatable bonds is 7. The largest absolute Gasteiger partial charge is 0.493 e. The van der Waals surface area contributed by atoms with Crippen molar-refractivity contribution >= 4 is 5.91 Å². The standard InChI is InChI=1S/C23H37N3O3/c1-17-7-5-6-8-20(17)24-23(27)18(2)26-13-11-25(12-14-26)16-19-9-10-21(28-3)22(15-19)29-4/h9-10,15,17-18,20H,5-8,11-14,16H2,1-4H3,(H,24,27)/t17-,18+,20+/m0/s1. The van der Waals surface area contributed by atoms with Crippen molar-refractivity contribution in [3.8, 4) is 11.5 Å². The highest BCUT2D eigenvalue weighted by Gasteiger charge is 2.29. The Kier molecular flexibility index (Phi) is 7.78. The molecule has 0 radical (unpaired) electrons. The van der Waals surface area contributed by atoms with E-state index in [0.717, 1.165) is 50.6 Å². The van der Waals surface area contributed by atoms with Gasteiger partial charge in [0.25, 0.3) is 0 Å². The van der Waals surface area contributed by atoms with Crippen LogP contribution >= 0.6 is 0 Å². The first kappa shape index (κ1) is 21.9. The molecule has 0 aromatic heterocycles. The molecule has 1 saturated heterocycles. The van der Waals surface area contributed by atoms with Crippen molar-refractivity contribution in [3.05, 3.63) is 23.8 Å². The summed E-state index contributed by atoms with van der Waals surface area (Å²) in [7, 11) is 3.32. The number of ether oxygens (including phenoxy) is 2. The first-order valence-corrected chi connectivity index (χ1v) is 11.0. The first-order valence-electron chi connectivity index (χ1n) is 11.0. The molecule has 1 aliphatic carbocycles. The van der Waals surface area contributed by atoms with Gasteiger partial charge in [-0.25, -0.2) is 0 Å². The van der Waals surface area contributed by atoms with Crippen LogP contribution in [0, 0.1) is 5.92 Å². The second-order valence-corrected chi connectivity index (χ2v) is 8.55. The minimum Gasteiger partial charge on any atom is -0.493 e. The SMILES string of the molecule is COc1ccc(CN2CCN([C@H](C)C(=O)N[C@@H]3CCCC[C@@H]3C)CC2)cc1OC. The topological polar surface area (TPSA) is 54.0 Å². The molecule has 1 aliphatic heterocycles. The predicted molar refractivity (Wildman–Crippen MR) is 115 cm³/mol. The molecule has 6 heteroatoms. The summed E-state index contributed by atoms with van der Waals surface area (Å²) in [5.74, 6) is 2.31. The minimum absolute atomic E-state index is 0.0626. The maximum atomic E-state index is 12.8. The Hall–Kier alpha value is -1.79. The fourth-order valence-electron chi connectivity index (χ4n) is 4.55. The van der Waals surface area contributed by atoms with Crippen LogP contribution in [0.2, 0.25) is 0 Å². The van der Waals surface area contributed by atoms with Crippen LogP contribution in [-0.4, -0.2) is 68.2 Å². The lowest BCUT2D eigenvalue weighted by atomic mass is 9.86. The Bertz CT molecular complexity index is 673. The number of carbonyl (C=O) groups is 1. The highest BCUT2D eigenvalue weighted by molar-refractivity contribution is 5.81. The van der Waals surface area contributed by atoms with Crippen molar-refractivity contribution in [2.45, 2.75) is 58.2 Å². The van der Waals surface area contributed by atoms with Gasteiger partial charge in [0.15, 0.2) is 11.5 Å². The van der Waals surface area contributed by atoms with Crippen molar-refractivity contribution in [1.29, 1.82) is 0 Å².